The van der Waals surface area contributed by atoms with Crippen molar-refractivity contribution in [2.45, 2.75) is 6.92 Å². The summed E-state index contributed by atoms with van der Waals surface area (Å²) in [7, 11) is 0. The summed E-state index contributed by atoms with van der Waals surface area (Å²) in [5, 5.41) is 9.29. The highest BCUT2D eigenvalue weighted by Crippen LogP contribution is 2.25. The van der Waals surface area contributed by atoms with Gasteiger partial charge in [0.15, 0.2) is 0 Å². The third-order valence-corrected chi connectivity index (χ3v) is 4.04. The molecule has 0 aliphatic rings. The lowest BCUT2D eigenvalue weighted by Gasteiger charge is -1.98. The van der Waals surface area contributed by atoms with Crippen LogP contribution in [0.25, 0.3) is 17.4 Å². The molecule has 1 aromatic carbocycles. The molecule has 0 aliphatic carbocycles. The van der Waals surface area contributed by atoms with E-state index >= 15 is 0 Å². The lowest BCUT2D eigenvalue weighted by atomic mass is 10.0. The molecule has 0 atom stereocenters. The van der Waals surface area contributed by atoms with Gasteiger partial charge < -0.3 is 8.83 Å². The minimum atomic E-state index is -0.384. The fraction of sp³-hybridized carbons (Fsp3) is 0.0526. The van der Waals surface area contributed by atoms with Gasteiger partial charge in [-0.15, -0.1) is 0 Å². The first-order valence-electron chi connectivity index (χ1n) is 7.15. The molecule has 0 spiro atoms. The Hall–Kier alpha value is -2.84. The summed E-state index contributed by atoms with van der Waals surface area (Å²) in [6.07, 6.45) is 2.87. The molecule has 0 saturated heterocycles. The fourth-order valence-corrected chi connectivity index (χ4v) is 2.52. The quantitative estimate of drug-likeness (QED) is 0.344. The number of ketones is 1. The summed E-state index contributed by atoms with van der Waals surface area (Å²) in [4.78, 5) is 12.4. The number of hydrogen-bond donors (Lipinski definition) is 0. The second kappa shape index (κ2) is 6.73. The number of allylic oxidation sites excluding steroid dienone is 1. The van der Waals surface area contributed by atoms with E-state index in [4.69, 9.17) is 8.83 Å². The maximum Gasteiger partial charge on any atom is 0.207 e. The molecule has 0 amide bonds. The first kappa shape index (κ1) is 16.0. The number of carbonyl (C=O) groups is 1. The van der Waals surface area contributed by atoms with Crippen molar-refractivity contribution in [3.63, 3.8) is 0 Å². The van der Waals surface area contributed by atoms with Gasteiger partial charge in [-0.2, -0.15) is 5.26 Å². The van der Waals surface area contributed by atoms with Crippen LogP contribution in [0.15, 0.2) is 67.6 Å². The second-order valence-corrected chi connectivity index (χ2v) is 6.01. The van der Waals surface area contributed by atoms with E-state index in [2.05, 4.69) is 15.9 Å². The Kier molecular flexibility index (Phi) is 4.50. The van der Waals surface area contributed by atoms with Gasteiger partial charge in [-0.3, -0.25) is 4.79 Å². The number of nitriles is 1. The minimum absolute atomic E-state index is 0.00351. The Morgan fingerprint density at radius 1 is 1.17 bits per heavy atom. The Balaban J connectivity index is 1.90. The van der Waals surface area contributed by atoms with Crippen LogP contribution in [0.5, 0.6) is 0 Å². The minimum Gasteiger partial charge on any atom is -0.469 e. The highest BCUT2D eigenvalue weighted by Gasteiger charge is 2.17. The molecule has 0 bridgehead atoms. The number of nitrogens with zero attached hydrogens (tertiary/aromatic N) is 1. The van der Waals surface area contributed by atoms with Crippen LogP contribution in [0.2, 0.25) is 0 Å². The van der Waals surface area contributed by atoms with Crippen molar-refractivity contribution < 1.29 is 13.6 Å². The second-order valence-electron chi connectivity index (χ2n) is 5.10. The van der Waals surface area contributed by atoms with E-state index in [9.17, 15) is 10.1 Å². The molecule has 0 fully saturated rings. The van der Waals surface area contributed by atoms with Crippen molar-refractivity contribution in [1.29, 1.82) is 5.26 Å². The number of aryl methyl sites for hydroxylation is 1. The Labute approximate surface area is 147 Å². The van der Waals surface area contributed by atoms with E-state index in [0.29, 0.717) is 22.8 Å². The lowest BCUT2D eigenvalue weighted by molar-refractivity contribution is 0.103. The van der Waals surface area contributed by atoms with Crippen LogP contribution in [0.4, 0.5) is 0 Å². The fourth-order valence-electron chi connectivity index (χ4n) is 2.26. The van der Waals surface area contributed by atoms with E-state index in [1.54, 1.807) is 25.1 Å². The number of hydrogen-bond acceptors (Lipinski definition) is 4. The molecule has 24 heavy (non-hydrogen) atoms. The largest absolute Gasteiger partial charge is 0.469 e. The standard InChI is InChI=1S/C19H12BrNO3/c1-12-17(8-9-23-12)19(22)14(11-21)10-16-6-7-18(24-16)13-2-4-15(20)5-3-13/h2-10H,1H3/b14-10+. The number of Topliss-reactive ketones (excluding diaryl/α,β-unsaturated/α-hetero) is 1. The predicted octanol–water partition coefficient (Wildman–Crippen LogP) is 5.40. The van der Waals surface area contributed by atoms with Crippen molar-refractivity contribution in [2.24, 2.45) is 0 Å². The van der Waals surface area contributed by atoms with Crippen LogP contribution < -0.4 is 0 Å². The van der Waals surface area contributed by atoms with Gasteiger partial charge in [0, 0.05) is 16.1 Å². The van der Waals surface area contributed by atoms with E-state index in [0.717, 1.165) is 10.0 Å². The van der Waals surface area contributed by atoms with E-state index < -0.39 is 0 Å². The van der Waals surface area contributed by atoms with Gasteiger partial charge in [-0.1, -0.05) is 28.1 Å². The van der Waals surface area contributed by atoms with Crippen LogP contribution in [-0.2, 0) is 0 Å². The van der Waals surface area contributed by atoms with Gasteiger partial charge in [0.05, 0.1) is 11.8 Å². The topological polar surface area (TPSA) is 67.1 Å². The SMILES string of the molecule is Cc1occc1C(=O)/C(C#N)=C/c1ccc(-c2ccc(Br)cc2)o1. The van der Waals surface area contributed by atoms with Crippen LogP contribution >= 0.6 is 15.9 Å². The van der Waals surface area contributed by atoms with Gasteiger partial charge in [0.1, 0.15) is 28.9 Å². The molecule has 0 radical (unpaired) electrons. The van der Waals surface area contributed by atoms with E-state index in [1.807, 2.05) is 30.3 Å². The molecular formula is C19H12BrNO3. The summed E-state index contributed by atoms with van der Waals surface area (Å²) in [6, 6.07) is 14.7. The number of rotatable bonds is 4. The maximum atomic E-state index is 12.4. The van der Waals surface area contributed by atoms with Gasteiger partial charge >= 0.3 is 0 Å². The molecule has 5 heteroatoms. The molecule has 0 unspecified atom stereocenters. The van der Waals surface area contributed by atoms with Gasteiger partial charge in [-0.05, 0) is 37.3 Å². The van der Waals surface area contributed by atoms with Crippen LogP contribution in [0.3, 0.4) is 0 Å². The van der Waals surface area contributed by atoms with Crippen LogP contribution in [0, 0.1) is 18.3 Å². The van der Waals surface area contributed by atoms with Crippen molar-refractivity contribution >= 4 is 27.8 Å². The van der Waals surface area contributed by atoms with Gasteiger partial charge in [-0.25, -0.2) is 0 Å². The normalized spacial score (nSPS) is 11.3. The summed E-state index contributed by atoms with van der Waals surface area (Å²) in [5.41, 5.74) is 1.28. The monoisotopic (exact) mass is 381 g/mol. The molecule has 3 aromatic rings. The maximum absolute atomic E-state index is 12.4. The molecule has 118 valence electrons. The van der Waals surface area contributed by atoms with E-state index in [-0.39, 0.29) is 11.4 Å². The smallest absolute Gasteiger partial charge is 0.207 e. The number of carbonyl (C=O) groups excluding carboxylic acids is 1. The summed E-state index contributed by atoms with van der Waals surface area (Å²) < 4.78 is 11.8. The van der Waals surface area contributed by atoms with Gasteiger partial charge in [0.2, 0.25) is 5.78 Å². The lowest BCUT2D eigenvalue weighted by Crippen LogP contribution is -2.01. The zero-order valence-corrected chi connectivity index (χ0v) is 14.3. The average Bonchev–Trinajstić information content (AvgIpc) is 3.21. The van der Waals surface area contributed by atoms with Crippen LogP contribution in [0.1, 0.15) is 21.9 Å². The number of furan rings is 2. The summed E-state index contributed by atoms with van der Waals surface area (Å²) in [5.74, 6) is 1.21. The molecule has 2 aromatic heterocycles. The van der Waals surface area contributed by atoms with Crippen molar-refractivity contribution in [3.8, 4) is 17.4 Å². The van der Waals surface area contributed by atoms with Crippen molar-refractivity contribution in [2.75, 3.05) is 0 Å². The first-order chi connectivity index (χ1) is 11.6. The third-order valence-electron chi connectivity index (χ3n) is 3.51. The van der Waals surface area contributed by atoms with Gasteiger partial charge in [0.25, 0.3) is 0 Å². The molecule has 0 saturated carbocycles. The molecule has 0 N–H and O–H groups in total. The zero-order chi connectivity index (χ0) is 17.1. The number of benzene rings is 1. The molecule has 2 heterocycles. The molecular weight excluding hydrogens is 370 g/mol. The van der Waals surface area contributed by atoms with Crippen LogP contribution in [-0.4, -0.2) is 5.78 Å². The van der Waals surface area contributed by atoms with Crippen molar-refractivity contribution in [3.05, 3.63) is 75.9 Å². The Bertz CT molecular complexity index is 955. The summed E-state index contributed by atoms with van der Waals surface area (Å²) in [6.45, 7) is 1.68. The first-order valence-corrected chi connectivity index (χ1v) is 7.94. The highest BCUT2D eigenvalue weighted by atomic mass is 79.9. The molecule has 0 aliphatic heterocycles. The zero-order valence-electron chi connectivity index (χ0n) is 12.7. The Morgan fingerprint density at radius 2 is 1.92 bits per heavy atom. The van der Waals surface area contributed by atoms with Crippen molar-refractivity contribution in [1.82, 2.24) is 0 Å². The Morgan fingerprint density at radius 3 is 2.54 bits per heavy atom. The summed E-state index contributed by atoms with van der Waals surface area (Å²) >= 11 is 3.38. The third kappa shape index (κ3) is 3.24. The molecule has 4 nitrogen and oxygen atoms in total. The number of halogens is 1. The highest BCUT2D eigenvalue weighted by molar-refractivity contribution is 9.10. The van der Waals surface area contributed by atoms with E-state index in [1.165, 1.54) is 12.3 Å². The molecule has 3 rings (SSSR count). The average molecular weight is 382 g/mol. The predicted molar refractivity (Wildman–Crippen MR) is 93.2 cm³/mol.